The SMILES string of the molecule is C=CC[C@H](Cc1ccc(Cl)cc1)N(CC(=C)C(=O)OCC)[S@](=O)C(C)(C)C. The second-order valence-corrected chi connectivity index (χ2v) is 9.90. The Hall–Kier alpha value is -1.43. The summed E-state index contributed by atoms with van der Waals surface area (Å²) >= 11 is 5.98. The third kappa shape index (κ3) is 7.60. The van der Waals surface area contributed by atoms with E-state index in [1.165, 1.54) is 0 Å². The quantitative estimate of drug-likeness (QED) is 0.318. The molecule has 4 nitrogen and oxygen atoms in total. The predicted molar refractivity (Wildman–Crippen MR) is 114 cm³/mol. The minimum Gasteiger partial charge on any atom is -0.463 e. The lowest BCUT2D eigenvalue weighted by atomic mass is 10.0. The monoisotopic (exact) mass is 411 g/mol. The van der Waals surface area contributed by atoms with Crippen LogP contribution < -0.4 is 0 Å². The summed E-state index contributed by atoms with van der Waals surface area (Å²) in [7, 11) is -1.33. The van der Waals surface area contributed by atoms with Crippen LogP contribution in [0.2, 0.25) is 5.02 Å². The average molecular weight is 412 g/mol. The highest BCUT2D eigenvalue weighted by Crippen LogP contribution is 2.24. The first kappa shape index (κ1) is 23.6. The molecule has 0 fully saturated rings. The van der Waals surface area contributed by atoms with Crippen molar-refractivity contribution in [1.29, 1.82) is 0 Å². The first-order valence-electron chi connectivity index (χ1n) is 8.99. The van der Waals surface area contributed by atoms with Gasteiger partial charge in [-0.25, -0.2) is 13.3 Å². The van der Waals surface area contributed by atoms with Crippen molar-refractivity contribution in [3.05, 3.63) is 59.7 Å². The van der Waals surface area contributed by atoms with Crippen molar-refractivity contribution in [2.45, 2.75) is 51.3 Å². The van der Waals surface area contributed by atoms with Crippen LogP contribution in [-0.2, 0) is 26.9 Å². The number of benzene rings is 1. The van der Waals surface area contributed by atoms with Crippen molar-refractivity contribution in [3.63, 3.8) is 0 Å². The molecule has 1 aromatic rings. The number of nitrogens with zero attached hydrogens (tertiary/aromatic N) is 1. The molecule has 2 atom stereocenters. The summed E-state index contributed by atoms with van der Waals surface area (Å²) in [5, 5.41) is 0.671. The van der Waals surface area contributed by atoms with E-state index in [-0.39, 0.29) is 19.2 Å². The molecule has 0 N–H and O–H groups in total. The van der Waals surface area contributed by atoms with Gasteiger partial charge in [0.15, 0.2) is 0 Å². The maximum absolute atomic E-state index is 13.2. The molecule has 0 bridgehead atoms. The Balaban J connectivity index is 3.15. The van der Waals surface area contributed by atoms with E-state index in [0.717, 1.165) is 5.56 Å². The number of ether oxygens (including phenoxy) is 1. The number of rotatable bonds is 10. The Labute approximate surface area is 170 Å². The van der Waals surface area contributed by atoms with Crippen molar-refractivity contribution in [2.75, 3.05) is 13.2 Å². The summed E-state index contributed by atoms with van der Waals surface area (Å²) in [4.78, 5) is 12.0. The zero-order chi connectivity index (χ0) is 20.6. The first-order chi connectivity index (χ1) is 12.6. The Bertz CT molecular complexity index is 680. The van der Waals surface area contributed by atoms with Gasteiger partial charge in [0.05, 0.1) is 11.4 Å². The molecule has 0 aromatic heterocycles. The molecule has 0 amide bonds. The van der Waals surface area contributed by atoms with E-state index in [4.69, 9.17) is 16.3 Å². The third-order valence-electron chi connectivity index (χ3n) is 3.88. The molecule has 0 saturated heterocycles. The summed E-state index contributed by atoms with van der Waals surface area (Å²) in [6.45, 7) is 15.6. The predicted octanol–water partition coefficient (Wildman–Crippen LogP) is 4.71. The lowest BCUT2D eigenvalue weighted by molar-refractivity contribution is -0.138. The fourth-order valence-corrected chi connectivity index (χ4v) is 4.08. The molecule has 6 heteroatoms. The topological polar surface area (TPSA) is 46.6 Å². The molecule has 0 heterocycles. The minimum absolute atomic E-state index is 0.102. The summed E-state index contributed by atoms with van der Waals surface area (Å²) < 4.78 is 19.6. The van der Waals surface area contributed by atoms with Crippen molar-refractivity contribution in [3.8, 4) is 0 Å². The number of carbonyl (C=O) groups is 1. The van der Waals surface area contributed by atoms with Crippen molar-refractivity contribution in [1.82, 2.24) is 4.31 Å². The van der Waals surface area contributed by atoms with Crippen LogP contribution in [0.5, 0.6) is 0 Å². The van der Waals surface area contributed by atoms with Crippen LogP contribution in [0.25, 0.3) is 0 Å². The van der Waals surface area contributed by atoms with E-state index in [2.05, 4.69) is 13.2 Å². The van der Waals surface area contributed by atoms with E-state index in [1.807, 2.05) is 49.3 Å². The third-order valence-corrected chi connectivity index (χ3v) is 6.03. The highest BCUT2D eigenvalue weighted by atomic mass is 35.5. The van der Waals surface area contributed by atoms with Crippen molar-refractivity contribution < 1.29 is 13.7 Å². The average Bonchev–Trinajstić information content (AvgIpc) is 2.59. The van der Waals surface area contributed by atoms with Crippen molar-refractivity contribution >= 4 is 28.6 Å². The summed E-state index contributed by atoms with van der Waals surface area (Å²) in [6.07, 6.45) is 3.09. The molecule has 0 spiro atoms. The highest BCUT2D eigenvalue weighted by Gasteiger charge is 2.32. The van der Waals surface area contributed by atoms with E-state index in [9.17, 15) is 9.00 Å². The second-order valence-electron chi connectivity index (χ2n) is 7.27. The largest absolute Gasteiger partial charge is 0.463 e. The number of hydrogen-bond donors (Lipinski definition) is 0. The Morgan fingerprint density at radius 1 is 1.33 bits per heavy atom. The minimum atomic E-state index is -1.33. The van der Waals surface area contributed by atoms with Gasteiger partial charge in [0.1, 0.15) is 11.0 Å². The molecule has 0 unspecified atom stereocenters. The second kappa shape index (κ2) is 10.8. The smallest absolute Gasteiger partial charge is 0.334 e. The molecule has 0 aliphatic rings. The van der Waals surface area contributed by atoms with Gasteiger partial charge in [0.2, 0.25) is 0 Å². The van der Waals surface area contributed by atoms with E-state index < -0.39 is 21.7 Å². The fraction of sp³-hybridized carbons (Fsp3) is 0.476. The molecule has 27 heavy (non-hydrogen) atoms. The van der Waals surface area contributed by atoms with Crippen LogP contribution in [0, 0.1) is 0 Å². The molecule has 0 aliphatic carbocycles. The molecule has 1 aromatic carbocycles. The lowest BCUT2D eigenvalue weighted by Crippen LogP contribution is -2.46. The number of esters is 1. The van der Waals surface area contributed by atoms with E-state index in [1.54, 1.807) is 13.0 Å². The van der Waals surface area contributed by atoms with Crippen LogP contribution in [0.1, 0.15) is 39.7 Å². The van der Waals surface area contributed by atoms with Crippen LogP contribution in [0.4, 0.5) is 0 Å². The molecular formula is C21H30ClNO3S. The molecule has 0 aliphatic heterocycles. The van der Waals surface area contributed by atoms with E-state index >= 15 is 0 Å². The molecule has 0 saturated carbocycles. The van der Waals surface area contributed by atoms with Crippen LogP contribution >= 0.6 is 11.6 Å². The van der Waals surface area contributed by atoms with E-state index in [0.29, 0.717) is 23.4 Å². The highest BCUT2D eigenvalue weighted by molar-refractivity contribution is 7.84. The van der Waals surface area contributed by atoms with Gasteiger partial charge in [-0.1, -0.05) is 36.4 Å². The zero-order valence-electron chi connectivity index (χ0n) is 16.7. The van der Waals surface area contributed by atoms with Gasteiger partial charge in [-0.3, -0.25) is 0 Å². The number of hydrogen-bond acceptors (Lipinski definition) is 3. The molecular weight excluding hydrogens is 382 g/mol. The van der Waals surface area contributed by atoms with Gasteiger partial charge >= 0.3 is 5.97 Å². The van der Waals surface area contributed by atoms with Crippen molar-refractivity contribution in [2.24, 2.45) is 0 Å². The summed E-state index contributed by atoms with van der Waals surface area (Å²) in [5.41, 5.74) is 1.36. The normalized spacial score (nSPS) is 13.9. The first-order valence-corrected chi connectivity index (χ1v) is 10.5. The van der Waals surface area contributed by atoms with Crippen LogP contribution in [0.15, 0.2) is 49.1 Å². The lowest BCUT2D eigenvalue weighted by Gasteiger charge is -2.35. The Kier molecular flexibility index (Phi) is 9.43. The Morgan fingerprint density at radius 2 is 1.93 bits per heavy atom. The zero-order valence-corrected chi connectivity index (χ0v) is 18.2. The maximum Gasteiger partial charge on any atom is 0.334 e. The fourth-order valence-electron chi connectivity index (χ4n) is 2.55. The van der Waals surface area contributed by atoms with Gasteiger partial charge in [-0.15, -0.1) is 6.58 Å². The van der Waals surface area contributed by atoms with Crippen LogP contribution in [-0.4, -0.2) is 38.4 Å². The van der Waals surface area contributed by atoms with Gasteiger partial charge in [-0.05, 0) is 58.2 Å². The maximum atomic E-state index is 13.2. The standard InChI is InChI=1S/C21H30ClNO3S/c1-7-9-19(14-17-10-12-18(22)13-11-17)23(27(25)21(4,5)6)15-16(3)20(24)26-8-2/h7,10-13,19H,1,3,8-9,14-15H2,2,4-6H3/t19-,27-/m1/s1. The molecule has 150 valence electrons. The number of halogens is 1. The Morgan fingerprint density at radius 3 is 2.41 bits per heavy atom. The molecule has 1 rings (SSSR count). The van der Waals surface area contributed by atoms with Gasteiger partial charge in [-0.2, -0.15) is 0 Å². The van der Waals surface area contributed by atoms with Gasteiger partial charge < -0.3 is 4.74 Å². The number of carbonyl (C=O) groups excluding carboxylic acids is 1. The van der Waals surface area contributed by atoms with Crippen LogP contribution in [0.3, 0.4) is 0 Å². The van der Waals surface area contributed by atoms with Gasteiger partial charge in [0.25, 0.3) is 0 Å². The molecule has 0 radical (unpaired) electrons. The summed E-state index contributed by atoms with van der Waals surface area (Å²) in [5.74, 6) is -0.461. The van der Waals surface area contributed by atoms with Gasteiger partial charge in [0, 0.05) is 23.2 Å². The summed E-state index contributed by atoms with van der Waals surface area (Å²) in [6, 6.07) is 7.48.